The molecule has 0 amide bonds. The van der Waals surface area contributed by atoms with Gasteiger partial charge in [0.05, 0.1) is 0 Å². The Balaban J connectivity index is 2.13. The first-order chi connectivity index (χ1) is 4.83. The standard InChI is InChI=1S/C7H16N3/c1-3-8-10-6-4-9(2)5-7-10/h3-7H2,1-2H3. The van der Waals surface area contributed by atoms with E-state index in [4.69, 9.17) is 0 Å². The maximum absolute atomic E-state index is 4.32. The monoisotopic (exact) mass is 142 g/mol. The number of nitrogens with zero attached hydrogens (tertiary/aromatic N) is 3. The second-order valence-corrected chi connectivity index (χ2v) is 2.71. The zero-order chi connectivity index (χ0) is 7.40. The van der Waals surface area contributed by atoms with Crippen LogP contribution in [0.4, 0.5) is 0 Å². The zero-order valence-electron chi connectivity index (χ0n) is 6.88. The molecule has 0 aliphatic carbocycles. The van der Waals surface area contributed by atoms with Crippen molar-refractivity contribution in [1.82, 2.24) is 15.3 Å². The molecule has 1 aliphatic heterocycles. The molecule has 0 saturated carbocycles. The summed E-state index contributed by atoms with van der Waals surface area (Å²) in [6.07, 6.45) is 0. The first-order valence-electron chi connectivity index (χ1n) is 3.94. The summed E-state index contributed by atoms with van der Waals surface area (Å²) in [4.78, 5) is 2.34. The number of rotatable bonds is 2. The molecule has 1 saturated heterocycles. The van der Waals surface area contributed by atoms with E-state index in [1.807, 2.05) is 0 Å². The lowest BCUT2D eigenvalue weighted by atomic mass is 10.4. The van der Waals surface area contributed by atoms with Crippen molar-refractivity contribution in [3.63, 3.8) is 0 Å². The Morgan fingerprint density at radius 1 is 1.20 bits per heavy atom. The summed E-state index contributed by atoms with van der Waals surface area (Å²) in [5, 5.41) is 2.17. The summed E-state index contributed by atoms with van der Waals surface area (Å²) in [7, 11) is 2.16. The number of piperazine rings is 1. The maximum atomic E-state index is 4.32. The molecule has 0 N–H and O–H groups in total. The van der Waals surface area contributed by atoms with Crippen molar-refractivity contribution in [2.24, 2.45) is 0 Å². The minimum absolute atomic E-state index is 0.920. The molecule has 0 aromatic heterocycles. The second-order valence-electron chi connectivity index (χ2n) is 2.71. The average molecular weight is 142 g/mol. The van der Waals surface area contributed by atoms with Crippen LogP contribution >= 0.6 is 0 Å². The third kappa shape index (κ3) is 2.25. The fourth-order valence-electron chi connectivity index (χ4n) is 1.14. The van der Waals surface area contributed by atoms with E-state index in [2.05, 4.69) is 29.3 Å². The molecule has 0 unspecified atom stereocenters. The lowest BCUT2D eigenvalue weighted by Gasteiger charge is -2.30. The van der Waals surface area contributed by atoms with Crippen LogP contribution in [-0.2, 0) is 0 Å². The predicted molar refractivity (Wildman–Crippen MR) is 41.7 cm³/mol. The largest absolute Gasteiger partial charge is 0.304 e. The Hall–Kier alpha value is -0.120. The third-order valence-corrected chi connectivity index (χ3v) is 1.82. The van der Waals surface area contributed by atoms with Crippen molar-refractivity contribution in [3.05, 3.63) is 0 Å². The highest BCUT2D eigenvalue weighted by molar-refractivity contribution is 4.64. The van der Waals surface area contributed by atoms with Crippen molar-refractivity contribution in [1.29, 1.82) is 0 Å². The van der Waals surface area contributed by atoms with Crippen molar-refractivity contribution in [2.75, 3.05) is 39.8 Å². The van der Waals surface area contributed by atoms with E-state index in [9.17, 15) is 0 Å². The van der Waals surface area contributed by atoms with E-state index < -0.39 is 0 Å². The van der Waals surface area contributed by atoms with Crippen LogP contribution in [0.3, 0.4) is 0 Å². The fourth-order valence-corrected chi connectivity index (χ4v) is 1.14. The van der Waals surface area contributed by atoms with E-state index >= 15 is 0 Å². The van der Waals surface area contributed by atoms with Gasteiger partial charge < -0.3 is 4.90 Å². The third-order valence-electron chi connectivity index (χ3n) is 1.82. The van der Waals surface area contributed by atoms with Gasteiger partial charge in [0, 0.05) is 32.7 Å². The van der Waals surface area contributed by atoms with E-state index in [1.54, 1.807) is 0 Å². The SMILES string of the molecule is CC[N]N1CCN(C)CC1. The highest BCUT2D eigenvalue weighted by Gasteiger charge is 2.12. The average Bonchev–Trinajstić information content (AvgIpc) is 1.95. The van der Waals surface area contributed by atoms with Gasteiger partial charge in [-0.15, -0.1) is 0 Å². The Labute approximate surface area is 63.0 Å². The highest BCUT2D eigenvalue weighted by atomic mass is 15.5. The zero-order valence-corrected chi connectivity index (χ0v) is 6.88. The summed E-state index contributed by atoms with van der Waals surface area (Å²) in [6.45, 7) is 7.52. The molecular formula is C7H16N3. The van der Waals surface area contributed by atoms with Crippen molar-refractivity contribution in [3.8, 4) is 0 Å². The highest BCUT2D eigenvalue weighted by Crippen LogP contribution is 1.95. The quantitative estimate of drug-likeness (QED) is 0.531. The molecule has 0 aromatic carbocycles. The predicted octanol–water partition coefficient (Wildman–Crippen LogP) is -0.227. The van der Waals surface area contributed by atoms with Gasteiger partial charge in [0.25, 0.3) is 0 Å². The molecule has 1 fully saturated rings. The number of hydrogen-bond acceptors (Lipinski definition) is 2. The molecular weight excluding hydrogens is 126 g/mol. The Morgan fingerprint density at radius 2 is 1.80 bits per heavy atom. The summed E-state index contributed by atoms with van der Waals surface area (Å²) >= 11 is 0. The molecule has 0 spiro atoms. The molecule has 1 aliphatic rings. The van der Waals surface area contributed by atoms with Crippen LogP contribution in [0.2, 0.25) is 0 Å². The van der Waals surface area contributed by atoms with Gasteiger partial charge >= 0.3 is 0 Å². The lowest BCUT2D eigenvalue weighted by molar-refractivity contribution is 0.102. The normalized spacial score (nSPS) is 23.4. The molecule has 3 heteroatoms. The van der Waals surface area contributed by atoms with Gasteiger partial charge in [-0.05, 0) is 14.0 Å². The minimum atomic E-state index is 0.920. The van der Waals surface area contributed by atoms with E-state index in [0.29, 0.717) is 0 Å². The van der Waals surface area contributed by atoms with Crippen molar-refractivity contribution in [2.45, 2.75) is 6.92 Å². The first kappa shape index (κ1) is 7.98. The van der Waals surface area contributed by atoms with Crippen LogP contribution in [-0.4, -0.2) is 49.7 Å². The van der Waals surface area contributed by atoms with Gasteiger partial charge in [0.2, 0.25) is 0 Å². The molecule has 0 bridgehead atoms. The minimum Gasteiger partial charge on any atom is -0.304 e. The molecule has 59 valence electrons. The Morgan fingerprint density at radius 3 is 2.30 bits per heavy atom. The maximum Gasteiger partial charge on any atom is 0.0278 e. The van der Waals surface area contributed by atoms with Crippen LogP contribution < -0.4 is 5.43 Å². The van der Waals surface area contributed by atoms with Crippen LogP contribution in [0.5, 0.6) is 0 Å². The van der Waals surface area contributed by atoms with E-state index in [1.165, 1.54) is 0 Å². The topological polar surface area (TPSA) is 20.6 Å². The van der Waals surface area contributed by atoms with Crippen molar-refractivity contribution < 1.29 is 0 Å². The number of likely N-dealkylation sites (N-methyl/N-ethyl adjacent to an activating group) is 1. The van der Waals surface area contributed by atoms with Gasteiger partial charge in [0.1, 0.15) is 0 Å². The summed E-state index contributed by atoms with van der Waals surface area (Å²) in [5.74, 6) is 0. The van der Waals surface area contributed by atoms with Gasteiger partial charge in [-0.25, -0.2) is 5.01 Å². The first-order valence-corrected chi connectivity index (χ1v) is 3.94. The van der Waals surface area contributed by atoms with Crippen molar-refractivity contribution >= 4 is 0 Å². The molecule has 3 nitrogen and oxygen atoms in total. The van der Waals surface area contributed by atoms with Gasteiger partial charge in [-0.3, -0.25) is 0 Å². The van der Waals surface area contributed by atoms with E-state index in [0.717, 1.165) is 32.7 Å². The Kier molecular flexibility index (Phi) is 3.12. The van der Waals surface area contributed by atoms with Gasteiger partial charge in [0.15, 0.2) is 0 Å². The van der Waals surface area contributed by atoms with Gasteiger partial charge in [-0.2, -0.15) is 5.43 Å². The smallest absolute Gasteiger partial charge is 0.0278 e. The molecule has 1 heterocycles. The molecule has 0 aromatic rings. The fraction of sp³-hybridized carbons (Fsp3) is 1.00. The van der Waals surface area contributed by atoms with Crippen LogP contribution in [0.15, 0.2) is 0 Å². The lowest BCUT2D eigenvalue weighted by Crippen LogP contribution is -2.47. The molecule has 0 atom stereocenters. The Bertz CT molecular complexity index is 86.9. The van der Waals surface area contributed by atoms with E-state index in [-0.39, 0.29) is 0 Å². The number of hydrogen-bond donors (Lipinski definition) is 0. The molecule has 1 rings (SSSR count). The summed E-state index contributed by atoms with van der Waals surface area (Å²) in [5.41, 5.74) is 4.32. The van der Waals surface area contributed by atoms with Crippen LogP contribution in [0, 0.1) is 0 Å². The van der Waals surface area contributed by atoms with Crippen LogP contribution in [0.25, 0.3) is 0 Å². The molecule has 10 heavy (non-hydrogen) atoms. The summed E-state index contributed by atoms with van der Waals surface area (Å²) < 4.78 is 0. The van der Waals surface area contributed by atoms with Crippen LogP contribution in [0.1, 0.15) is 6.92 Å². The molecule has 1 radical (unpaired) electrons. The van der Waals surface area contributed by atoms with Gasteiger partial charge in [-0.1, -0.05) is 0 Å². The summed E-state index contributed by atoms with van der Waals surface area (Å²) in [6, 6.07) is 0. The second kappa shape index (κ2) is 3.91.